The first kappa shape index (κ1) is 20.5. The van der Waals surface area contributed by atoms with Crippen molar-refractivity contribution in [1.82, 2.24) is 15.4 Å². The Morgan fingerprint density at radius 3 is 2.42 bits per heavy atom. The summed E-state index contributed by atoms with van der Waals surface area (Å²) in [5.41, 5.74) is 5.17. The first-order valence-electron chi connectivity index (χ1n) is 9.29. The number of halogens is 1. The fraction of sp³-hybridized carbons (Fsp3) is 0.0909. The molecule has 2 amide bonds. The zero-order valence-electron chi connectivity index (χ0n) is 16.3. The third-order valence-electron chi connectivity index (χ3n) is 4.74. The maximum absolute atomic E-state index is 12.3. The molecule has 0 aliphatic carbocycles. The second kappa shape index (κ2) is 8.55. The number of aryl methyl sites for hydroxylation is 1. The molecular weight excluding hydrogens is 420 g/mol. The van der Waals surface area contributed by atoms with Crippen LogP contribution in [0.2, 0.25) is 5.02 Å². The molecule has 0 atom stereocenters. The van der Waals surface area contributed by atoms with Crippen molar-refractivity contribution < 1.29 is 19.2 Å². The van der Waals surface area contributed by atoms with Crippen molar-refractivity contribution in [2.75, 3.05) is 5.32 Å². The Morgan fingerprint density at radius 2 is 1.74 bits per heavy atom. The van der Waals surface area contributed by atoms with Gasteiger partial charge in [-0.3, -0.25) is 14.8 Å². The minimum atomic E-state index is -0.693. The molecule has 0 saturated heterocycles. The van der Waals surface area contributed by atoms with Crippen LogP contribution in [-0.4, -0.2) is 27.0 Å². The highest BCUT2D eigenvalue weighted by Crippen LogP contribution is 2.27. The van der Waals surface area contributed by atoms with Crippen LogP contribution in [0.1, 0.15) is 37.7 Å². The number of carbonyl (C=O) groups is 2. The lowest BCUT2D eigenvalue weighted by atomic mass is 10.1. The predicted octanol–water partition coefficient (Wildman–Crippen LogP) is 4.15. The van der Waals surface area contributed by atoms with E-state index < -0.39 is 5.91 Å². The van der Waals surface area contributed by atoms with Gasteiger partial charge in [0, 0.05) is 22.7 Å². The molecule has 0 spiro atoms. The van der Waals surface area contributed by atoms with Gasteiger partial charge in [-0.1, -0.05) is 23.7 Å². The van der Waals surface area contributed by atoms with Crippen LogP contribution >= 0.6 is 11.6 Å². The number of hydroxylamine groups is 1. The van der Waals surface area contributed by atoms with Crippen LogP contribution in [0.3, 0.4) is 0 Å². The number of hydrogen-bond acceptors (Lipinski definition) is 6. The summed E-state index contributed by atoms with van der Waals surface area (Å²) in [5.74, 6) is -0.590. The van der Waals surface area contributed by atoms with Crippen LogP contribution in [0.15, 0.2) is 59.3 Å². The highest BCUT2D eigenvalue weighted by atomic mass is 35.5. The Bertz CT molecular complexity index is 1270. The molecule has 4 rings (SSSR count). The van der Waals surface area contributed by atoms with Gasteiger partial charge in [0.15, 0.2) is 5.58 Å². The molecule has 9 heteroatoms. The number of nitrogens with one attached hydrogen (secondary N) is 2. The van der Waals surface area contributed by atoms with Gasteiger partial charge in [0.1, 0.15) is 23.2 Å². The number of fused-ring (bicyclic) bond motifs is 1. The SMILES string of the molecule is Cc1oc2c(Cc3ccc(NC(=O)c4ccc(Cl)cc4)cc3)ncnc2c1C(=O)NO. The van der Waals surface area contributed by atoms with Crippen molar-refractivity contribution in [2.24, 2.45) is 0 Å². The largest absolute Gasteiger partial charge is 0.457 e. The summed E-state index contributed by atoms with van der Waals surface area (Å²) in [4.78, 5) is 32.6. The van der Waals surface area contributed by atoms with Gasteiger partial charge in [-0.05, 0) is 48.9 Å². The van der Waals surface area contributed by atoms with Gasteiger partial charge in [-0.15, -0.1) is 0 Å². The molecule has 0 aliphatic rings. The number of carbonyl (C=O) groups excluding carboxylic acids is 2. The number of hydrogen-bond donors (Lipinski definition) is 3. The third kappa shape index (κ3) is 4.25. The molecule has 31 heavy (non-hydrogen) atoms. The van der Waals surface area contributed by atoms with Crippen molar-refractivity contribution in [3.8, 4) is 0 Å². The van der Waals surface area contributed by atoms with E-state index in [2.05, 4.69) is 15.3 Å². The van der Waals surface area contributed by atoms with Crippen LogP contribution in [0.25, 0.3) is 11.1 Å². The average Bonchev–Trinajstić information content (AvgIpc) is 3.12. The molecule has 0 aliphatic heterocycles. The number of furan rings is 1. The summed E-state index contributed by atoms with van der Waals surface area (Å²) in [7, 11) is 0. The fourth-order valence-electron chi connectivity index (χ4n) is 3.22. The summed E-state index contributed by atoms with van der Waals surface area (Å²) in [5, 5.41) is 12.3. The van der Waals surface area contributed by atoms with E-state index in [9.17, 15) is 9.59 Å². The van der Waals surface area contributed by atoms with Gasteiger partial charge in [0.05, 0.1) is 5.69 Å². The van der Waals surface area contributed by atoms with Gasteiger partial charge >= 0.3 is 0 Å². The summed E-state index contributed by atoms with van der Waals surface area (Å²) in [6, 6.07) is 13.9. The zero-order valence-corrected chi connectivity index (χ0v) is 17.1. The fourth-order valence-corrected chi connectivity index (χ4v) is 3.35. The molecule has 2 aromatic carbocycles. The normalized spacial score (nSPS) is 10.8. The lowest BCUT2D eigenvalue weighted by molar-refractivity contribution is 0.0706. The van der Waals surface area contributed by atoms with Gasteiger partial charge in [0.25, 0.3) is 11.8 Å². The highest BCUT2D eigenvalue weighted by Gasteiger charge is 2.21. The van der Waals surface area contributed by atoms with Gasteiger partial charge < -0.3 is 9.73 Å². The number of anilines is 1. The predicted molar refractivity (Wildman–Crippen MR) is 114 cm³/mol. The number of aromatic nitrogens is 2. The van der Waals surface area contributed by atoms with Crippen LogP contribution in [0.4, 0.5) is 5.69 Å². The quantitative estimate of drug-likeness (QED) is 0.319. The zero-order chi connectivity index (χ0) is 22.0. The number of rotatable bonds is 5. The summed E-state index contributed by atoms with van der Waals surface area (Å²) >= 11 is 5.85. The lowest BCUT2D eigenvalue weighted by Gasteiger charge is -2.07. The van der Waals surface area contributed by atoms with Crippen molar-refractivity contribution >= 4 is 40.2 Å². The van der Waals surface area contributed by atoms with E-state index in [1.807, 2.05) is 12.1 Å². The Labute approximate surface area is 181 Å². The molecule has 0 unspecified atom stereocenters. The van der Waals surface area contributed by atoms with Gasteiger partial charge in [-0.2, -0.15) is 0 Å². The van der Waals surface area contributed by atoms with Crippen LogP contribution in [-0.2, 0) is 6.42 Å². The van der Waals surface area contributed by atoms with Crippen molar-refractivity contribution in [3.05, 3.63) is 88.0 Å². The minimum Gasteiger partial charge on any atom is -0.457 e. The molecular formula is C22H17ClN4O4. The number of amides is 2. The minimum absolute atomic E-state index is 0.168. The van der Waals surface area contributed by atoms with E-state index in [1.54, 1.807) is 48.8 Å². The molecule has 2 aromatic heterocycles. The first-order valence-corrected chi connectivity index (χ1v) is 9.67. The second-order valence-electron chi connectivity index (χ2n) is 6.81. The first-order chi connectivity index (χ1) is 15.0. The van der Waals surface area contributed by atoms with E-state index in [0.717, 1.165) is 5.56 Å². The number of benzene rings is 2. The van der Waals surface area contributed by atoms with E-state index >= 15 is 0 Å². The second-order valence-corrected chi connectivity index (χ2v) is 7.24. The molecule has 0 saturated carbocycles. The Morgan fingerprint density at radius 1 is 1.03 bits per heavy atom. The Hall–Kier alpha value is -3.75. The molecule has 4 aromatic rings. The summed E-state index contributed by atoms with van der Waals surface area (Å²) in [6.07, 6.45) is 1.78. The molecule has 156 valence electrons. The average molecular weight is 437 g/mol. The van der Waals surface area contributed by atoms with E-state index in [-0.39, 0.29) is 11.5 Å². The lowest BCUT2D eigenvalue weighted by Crippen LogP contribution is -2.19. The van der Waals surface area contributed by atoms with E-state index in [0.29, 0.717) is 45.2 Å². The van der Waals surface area contributed by atoms with Crippen LogP contribution < -0.4 is 10.8 Å². The third-order valence-corrected chi connectivity index (χ3v) is 4.99. The maximum Gasteiger partial charge on any atom is 0.280 e. The highest BCUT2D eigenvalue weighted by molar-refractivity contribution is 6.30. The monoisotopic (exact) mass is 436 g/mol. The maximum atomic E-state index is 12.3. The summed E-state index contributed by atoms with van der Waals surface area (Å²) in [6.45, 7) is 1.62. The van der Waals surface area contributed by atoms with Crippen LogP contribution in [0.5, 0.6) is 0 Å². The number of nitrogens with zero attached hydrogens (tertiary/aromatic N) is 2. The molecule has 8 nitrogen and oxygen atoms in total. The molecule has 0 fully saturated rings. The van der Waals surface area contributed by atoms with Crippen molar-refractivity contribution in [3.63, 3.8) is 0 Å². The standard InChI is InChI=1S/C22H17ClN4O4/c1-12-18(22(29)27-30)19-20(31-12)17(24-11-25-19)10-13-2-8-16(9-3-13)26-21(28)14-4-6-15(23)7-5-14/h2-9,11,30H,10H2,1H3,(H,26,28)(H,27,29). The molecule has 2 heterocycles. The van der Waals surface area contributed by atoms with E-state index in [4.69, 9.17) is 21.2 Å². The van der Waals surface area contributed by atoms with E-state index in [1.165, 1.54) is 6.33 Å². The molecule has 0 bridgehead atoms. The van der Waals surface area contributed by atoms with Crippen molar-refractivity contribution in [2.45, 2.75) is 13.3 Å². The topological polar surface area (TPSA) is 117 Å². The Kier molecular flexibility index (Phi) is 5.66. The smallest absolute Gasteiger partial charge is 0.280 e. The Balaban J connectivity index is 1.53. The van der Waals surface area contributed by atoms with Crippen molar-refractivity contribution in [1.29, 1.82) is 0 Å². The van der Waals surface area contributed by atoms with Crippen LogP contribution in [0, 0.1) is 6.92 Å². The van der Waals surface area contributed by atoms with Gasteiger partial charge in [-0.25, -0.2) is 15.4 Å². The van der Waals surface area contributed by atoms with Gasteiger partial charge in [0.2, 0.25) is 0 Å². The molecule has 3 N–H and O–H groups in total. The molecule has 0 radical (unpaired) electrons. The summed E-state index contributed by atoms with van der Waals surface area (Å²) < 4.78 is 5.70.